The van der Waals surface area contributed by atoms with Crippen molar-refractivity contribution in [1.82, 2.24) is 0 Å². The van der Waals surface area contributed by atoms with Crippen molar-refractivity contribution in [3.63, 3.8) is 0 Å². The van der Waals surface area contributed by atoms with Gasteiger partial charge in [0.1, 0.15) is 11.5 Å². The zero-order valence-electron chi connectivity index (χ0n) is 19.5. The number of halogens is 5. The van der Waals surface area contributed by atoms with Crippen LogP contribution in [-0.4, -0.2) is 11.9 Å². The summed E-state index contributed by atoms with van der Waals surface area (Å²) in [6.45, 7) is 1.71. The number of ether oxygens (including phenoxy) is 2. The van der Waals surface area contributed by atoms with Crippen LogP contribution in [0.15, 0.2) is 72.8 Å². The minimum absolute atomic E-state index is 0.0320. The smallest absolute Gasteiger partial charge is 0.346 e. The van der Waals surface area contributed by atoms with Crippen molar-refractivity contribution in [2.24, 2.45) is 0 Å². The van der Waals surface area contributed by atoms with Gasteiger partial charge in [0.15, 0.2) is 29.1 Å². The molecule has 5 rings (SSSR count). The maximum absolute atomic E-state index is 14.0. The first-order chi connectivity index (χ1) is 18.1. The van der Waals surface area contributed by atoms with Crippen molar-refractivity contribution in [3.05, 3.63) is 119 Å². The van der Waals surface area contributed by atoms with Crippen LogP contribution >= 0.6 is 0 Å². The van der Waals surface area contributed by atoms with Crippen LogP contribution in [0, 0.1) is 36.0 Å². The molecule has 5 aromatic rings. The molecular weight excluding hydrogens is 507 g/mol. The summed E-state index contributed by atoms with van der Waals surface area (Å²) in [5.41, 5.74) is -0.344. The van der Waals surface area contributed by atoms with E-state index in [1.807, 2.05) is 6.07 Å². The van der Waals surface area contributed by atoms with Gasteiger partial charge in [-0.2, -0.15) is 0 Å². The van der Waals surface area contributed by atoms with Gasteiger partial charge in [-0.15, -0.1) is 0 Å². The molecule has 4 nitrogen and oxygen atoms in total. The number of fused-ring (bicyclic) bond motifs is 2. The molecule has 0 radical (unpaired) electrons. The maximum Gasteiger partial charge on any atom is 0.346 e. The summed E-state index contributed by atoms with van der Waals surface area (Å²) in [4.78, 5) is 24.8. The minimum Gasteiger partial charge on any atom is -0.423 e. The number of carbonyl (C=O) groups excluding carboxylic acids is 2. The Kier molecular flexibility index (Phi) is 6.28. The predicted octanol–water partition coefficient (Wildman–Crippen LogP) is 7.44. The summed E-state index contributed by atoms with van der Waals surface area (Å²) in [7, 11) is 0. The zero-order chi connectivity index (χ0) is 27.1. The van der Waals surface area contributed by atoms with Crippen molar-refractivity contribution < 1.29 is 41.0 Å². The molecule has 5 aromatic carbocycles. The first kappa shape index (κ1) is 24.9. The number of benzene rings is 5. The fraction of sp³-hybridized carbons (Fsp3) is 0.0345. The second-order valence-electron chi connectivity index (χ2n) is 8.40. The third-order valence-electron chi connectivity index (χ3n) is 5.99. The van der Waals surface area contributed by atoms with Gasteiger partial charge in [0.05, 0.1) is 11.1 Å². The molecule has 0 fully saturated rings. The second kappa shape index (κ2) is 9.59. The quantitative estimate of drug-likeness (QED) is 0.0810. The Morgan fingerprint density at radius 3 is 2.11 bits per heavy atom. The van der Waals surface area contributed by atoms with Crippen LogP contribution in [0.4, 0.5) is 22.0 Å². The van der Waals surface area contributed by atoms with Crippen LogP contribution in [0.5, 0.6) is 11.5 Å². The van der Waals surface area contributed by atoms with Crippen molar-refractivity contribution in [1.29, 1.82) is 0 Å². The Labute approximate surface area is 211 Å². The molecule has 0 spiro atoms. The van der Waals surface area contributed by atoms with Crippen LogP contribution in [0.2, 0.25) is 0 Å². The van der Waals surface area contributed by atoms with E-state index in [4.69, 9.17) is 9.47 Å². The van der Waals surface area contributed by atoms with E-state index in [-0.39, 0.29) is 17.1 Å². The molecule has 0 heterocycles. The predicted molar refractivity (Wildman–Crippen MR) is 129 cm³/mol. The van der Waals surface area contributed by atoms with Crippen LogP contribution in [-0.2, 0) is 0 Å². The van der Waals surface area contributed by atoms with E-state index in [0.29, 0.717) is 22.4 Å². The van der Waals surface area contributed by atoms with E-state index in [1.165, 1.54) is 12.1 Å². The SMILES string of the molecule is Cc1c(OC(=O)c2ccc(F)c(F)c2)ccc2cc3ccc(OC(=O)c4ccc(F)c(F)c4F)cc3cc12. The lowest BCUT2D eigenvalue weighted by Crippen LogP contribution is -2.12. The number of carbonyl (C=O) groups is 2. The van der Waals surface area contributed by atoms with Crippen molar-refractivity contribution in [3.8, 4) is 11.5 Å². The van der Waals surface area contributed by atoms with E-state index in [1.54, 1.807) is 31.2 Å². The number of hydrogen-bond acceptors (Lipinski definition) is 4. The molecule has 0 aliphatic heterocycles. The summed E-state index contributed by atoms with van der Waals surface area (Å²) in [5, 5.41) is 2.86. The van der Waals surface area contributed by atoms with E-state index >= 15 is 0 Å². The third-order valence-corrected chi connectivity index (χ3v) is 5.99. The molecule has 0 aromatic heterocycles. The first-order valence-electron chi connectivity index (χ1n) is 11.1. The highest BCUT2D eigenvalue weighted by Crippen LogP contribution is 2.33. The summed E-state index contributed by atoms with van der Waals surface area (Å²) in [5.74, 6) is -8.96. The molecule has 0 aliphatic carbocycles. The fourth-order valence-electron chi connectivity index (χ4n) is 3.98. The largest absolute Gasteiger partial charge is 0.423 e. The second-order valence-corrected chi connectivity index (χ2v) is 8.40. The standard InChI is InChI=1S/C29H15F5O4/c1-14-21-12-18-11-19(37-29(36)20-6-8-23(31)27(34)26(20)33)5-2-15(18)10-16(21)4-9-25(14)38-28(35)17-3-7-22(30)24(32)13-17/h2-13H,1H3. The van der Waals surface area contributed by atoms with Gasteiger partial charge >= 0.3 is 11.9 Å². The van der Waals surface area contributed by atoms with Crippen molar-refractivity contribution in [2.45, 2.75) is 6.92 Å². The molecule has 38 heavy (non-hydrogen) atoms. The van der Waals surface area contributed by atoms with Gasteiger partial charge in [0.2, 0.25) is 0 Å². The highest BCUT2D eigenvalue weighted by molar-refractivity contribution is 6.02. The Balaban J connectivity index is 1.46. The monoisotopic (exact) mass is 522 g/mol. The average molecular weight is 522 g/mol. The highest BCUT2D eigenvalue weighted by atomic mass is 19.2. The zero-order valence-corrected chi connectivity index (χ0v) is 19.5. The number of rotatable bonds is 4. The minimum atomic E-state index is -1.78. The van der Waals surface area contributed by atoms with Gasteiger partial charge in [-0.1, -0.05) is 12.1 Å². The summed E-state index contributed by atoms with van der Waals surface area (Å²) < 4.78 is 77.9. The fourth-order valence-corrected chi connectivity index (χ4v) is 3.98. The normalized spacial score (nSPS) is 11.1. The molecule has 9 heteroatoms. The van der Waals surface area contributed by atoms with Crippen LogP contribution in [0.1, 0.15) is 26.3 Å². The van der Waals surface area contributed by atoms with Crippen LogP contribution in [0.3, 0.4) is 0 Å². The maximum atomic E-state index is 14.0. The Bertz CT molecular complexity index is 1780. The summed E-state index contributed by atoms with van der Waals surface area (Å²) in [6.07, 6.45) is 0. The lowest BCUT2D eigenvalue weighted by atomic mass is 9.99. The van der Waals surface area contributed by atoms with Gasteiger partial charge in [-0.05, 0) is 94.7 Å². The summed E-state index contributed by atoms with van der Waals surface area (Å²) >= 11 is 0. The molecule has 0 amide bonds. The van der Waals surface area contributed by atoms with E-state index < -0.39 is 46.6 Å². The molecule has 0 saturated heterocycles. The Hall–Kier alpha value is -4.79. The van der Waals surface area contributed by atoms with Gasteiger partial charge in [-0.25, -0.2) is 31.5 Å². The molecule has 0 bridgehead atoms. The first-order valence-corrected chi connectivity index (χ1v) is 11.1. The van der Waals surface area contributed by atoms with E-state index in [2.05, 4.69) is 0 Å². The van der Waals surface area contributed by atoms with Crippen LogP contribution < -0.4 is 9.47 Å². The van der Waals surface area contributed by atoms with Gasteiger partial charge in [-0.3, -0.25) is 0 Å². The molecule has 0 N–H and O–H groups in total. The van der Waals surface area contributed by atoms with Gasteiger partial charge in [0, 0.05) is 0 Å². The molecule has 0 saturated carbocycles. The van der Waals surface area contributed by atoms with E-state index in [0.717, 1.165) is 35.0 Å². The Morgan fingerprint density at radius 2 is 1.34 bits per heavy atom. The average Bonchev–Trinajstić information content (AvgIpc) is 2.89. The van der Waals surface area contributed by atoms with Crippen molar-refractivity contribution >= 4 is 33.5 Å². The topological polar surface area (TPSA) is 52.6 Å². The third kappa shape index (κ3) is 4.54. The molecular formula is C29H15F5O4. The lowest BCUT2D eigenvalue weighted by molar-refractivity contribution is 0.0721. The Morgan fingerprint density at radius 1 is 0.605 bits per heavy atom. The number of esters is 2. The van der Waals surface area contributed by atoms with E-state index in [9.17, 15) is 31.5 Å². The highest BCUT2D eigenvalue weighted by Gasteiger charge is 2.21. The van der Waals surface area contributed by atoms with Crippen LogP contribution in [0.25, 0.3) is 21.5 Å². The lowest BCUT2D eigenvalue weighted by Gasteiger charge is -2.12. The molecule has 0 aliphatic rings. The van der Waals surface area contributed by atoms with Crippen molar-refractivity contribution in [2.75, 3.05) is 0 Å². The molecule has 0 atom stereocenters. The van der Waals surface area contributed by atoms with Gasteiger partial charge in [0.25, 0.3) is 0 Å². The molecule has 190 valence electrons. The number of hydrogen-bond donors (Lipinski definition) is 0. The summed E-state index contributed by atoms with van der Waals surface area (Å²) in [6, 6.07) is 15.6. The number of aryl methyl sites for hydroxylation is 1. The molecule has 0 unspecified atom stereocenters. The van der Waals surface area contributed by atoms with Gasteiger partial charge < -0.3 is 9.47 Å².